The van der Waals surface area contributed by atoms with Crippen LogP contribution in [0.15, 0.2) is 0 Å². The third-order valence-corrected chi connectivity index (χ3v) is 1.43. The smallest absolute Gasteiger partial charge is 0.410 e. The maximum atomic E-state index is 11.6. The average Bonchev–Trinajstić information content (AvgIpc) is 1.99. The van der Waals surface area contributed by atoms with Crippen molar-refractivity contribution in [2.75, 3.05) is 26.3 Å². The lowest BCUT2D eigenvalue weighted by Crippen LogP contribution is -2.43. The van der Waals surface area contributed by atoms with E-state index in [0.29, 0.717) is 6.61 Å². The normalized spacial score (nSPS) is 24.7. The van der Waals surface area contributed by atoms with Gasteiger partial charge in [0.1, 0.15) is 5.60 Å². The quantitative estimate of drug-likeness (QED) is 0.575. The van der Waals surface area contributed by atoms with Gasteiger partial charge in [-0.1, -0.05) is 0 Å². The average molecular weight is 189 g/mol. The highest BCUT2D eigenvalue weighted by atomic mass is 16.6. The second-order valence-electron chi connectivity index (χ2n) is 3.84. The molecule has 1 rings (SSSR count). The Morgan fingerprint density at radius 3 is 2.77 bits per heavy atom. The predicted molar refractivity (Wildman–Crippen MR) is 48.6 cm³/mol. The summed E-state index contributed by atoms with van der Waals surface area (Å²) < 4.78 is 25.3. The summed E-state index contributed by atoms with van der Waals surface area (Å²) in [5.41, 5.74) is -0.606. The summed E-state index contributed by atoms with van der Waals surface area (Å²) in [4.78, 5) is 12.7. The molecule has 0 bridgehead atoms. The SMILES string of the molecule is [2H]C1([2H])COCCN1C(=O)OC(C)(C)C. The van der Waals surface area contributed by atoms with E-state index in [4.69, 9.17) is 12.2 Å². The van der Waals surface area contributed by atoms with Crippen LogP contribution in [0.5, 0.6) is 0 Å². The maximum absolute atomic E-state index is 11.6. The zero-order valence-electron chi connectivity index (χ0n) is 10.3. The molecule has 4 heteroatoms. The van der Waals surface area contributed by atoms with E-state index in [0.717, 1.165) is 4.90 Å². The van der Waals surface area contributed by atoms with Crippen LogP contribution in [0.1, 0.15) is 23.5 Å². The number of hydrogen-bond donors (Lipinski definition) is 0. The van der Waals surface area contributed by atoms with Crippen molar-refractivity contribution in [2.45, 2.75) is 26.4 Å². The van der Waals surface area contributed by atoms with Crippen LogP contribution in [-0.4, -0.2) is 42.8 Å². The van der Waals surface area contributed by atoms with Crippen molar-refractivity contribution in [2.24, 2.45) is 0 Å². The molecule has 1 aliphatic rings. The number of ether oxygens (including phenoxy) is 2. The Balaban J connectivity index is 2.65. The van der Waals surface area contributed by atoms with Crippen molar-refractivity contribution < 1.29 is 17.0 Å². The zero-order valence-corrected chi connectivity index (χ0v) is 8.29. The van der Waals surface area contributed by atoms with Crippen LogP contribution < -0.4 is 0 Å². The Labute approximate surface area is 81.6 Å². The molecule has 0 unspecified atom stereocenters. The van der Waals surface area contributed by atoms with E-state index in [2.05, 4.69) is 0 Å². The van der Waals surface area contributed by atoms with Crippen molar-refractivity contribution in [3.05, 3.63) is 0 Å². The standard InChI is InChI=1S/C9H17NO3/c1-9(2,3)13-8(11)10-4-6-12-7-5-10/h4-7H2,1-3H3/i4D2. The number of rotatable bonds is 0. The number of carbonyl (C=O) groups excluding carboxylic acids is 1. The molecular formula is C9H17NO3. The van der Waals surface area contributed by atoms with Gasteiger partial charge in [0.2, 0.25) is 0 Å². The van der Waals surface area contributed by atoms with E-state index in [-0.39, 0.29) is 13.2 Å². The van der Waals surface area contributed by atoms with E-state index in [1.165, 1.54) is 0 Å². The molecular weight excluding hydrogens is 170 g/mol. The molecule has 1 amide bonds. The van der Waals surface area contributed by atoms with Crippen molar-refractivity contribution >= 4 is 6.09 Å². The summed E-state index contributed by atoms with van der Waals surface area (Å²) >= 11 is 0. The first-order valence-corrected chi connectivity index (χ1v) is 4.31. The molecule has 1 saturated heterocycles. The fourth-order valence-corrected chi connectivity index (χ4v) is 0.903. The van der Waals surface area contributed by atoms with Crippen molar-refractivity contribution in [1.82, 2.24) is 4.90 Å². The highest BCUT2D eigenvalue weighted by Gasteiger charge is 2.23. The number of nitrogens with zero attached hydrogens (tertiary/aromatic N) is 1. The lowest BCUT2D eigenvalue weighted by atomic mass is 10.2. The van der Waals surface area contributed by atoms with Crippen LogP contribution >= 0.6 is 0 Å². The molecule has 0 radical (unpaired) electrons. The van der Waals surface area contributed by atoms with Crippen molar-refractivity contribution in [1.29, 1.82) is 0 Å². The predicted octanol–water partition coefficient (Wildman–Crippen LogP) is 1.25. The lowest BCUT2D eigenvalue weighted by molar-refractivity contribution is -0.00676. The van der Waals surface area contributed by atoms with Crippen molar-refractivity contribution in [3.8, 4) is 0 Å². The second kappa shape index (κ2) is 3.96. The summed E-state index contributed by atoms with van der Waals surface area (Å²) in [6, 6.07) is 0. The van der Waals surface area contributed by atoms with Crippen LogP contribution in [0.2, 0.25) is 0 Å². The highest BCUT2D eigenvalue weighted by molar-refractivity contribution is 5.68. The maximum Gasteiger partial charge on any atom is 0.410 e. The van der Waals surface area contributed by atoms with Gasteiger partial charge in [0.25, 0.3) is 0 Å². The van der Waals surface area contributed by atoms with Gasteiger partial charge in [0, 0.05) is 13.0 Å². The zero-order chi connectivity index (χ0) is 11.7. The van der Waals surface area contributed by atoms with E-state index in [1.807, 2.05) is 0 Å². The Hall–Kier alpha value is -0.770. The Kier molecular flexibility index (Phi) is 2.32. The van der Waals surface area contributed by atoms with Gasteiger partial charge >= 0.3 is 6.09 Å². The molecule has 0 aliphatic carbocycles. The van der Waals surface area contributed by atoms with Gasteiger partial charge in [-0.15, -0.1) is 0 Å². The number of hydrogen-bond acceptors (Lipinski definition) is 3. The van der Waals surface area contributed by atoms with Crippen LogP contribution in [0.4, 0.5) is 4.79 Å². The minimum absolute atomic E-state index is 0.105. The van der Waals surface area contributed by atoms with E-state index in [9.17, 15) is 4.79 Å². The van der Waals surface area contributed by atoms with Gasteiger partial charge in [-0.2, -0.15) is 0 Å². The topological polar surface area (TPSA) is 38.8 Å². The molecule has 0 aromatic rings. The van der Waals surface area contributed by atoms with Gasteiger partial charge in [0.05, 0.1) is 16.0 Å². The summed E-state index contributed by atoms with van der Waals surface area (Å²) in [5, 5.41) is 0. The molecule has 0 saturated carbocycles. The molecule has 1 aliphatic heterocycles. The first-order chi connectivity index (χ1) is 6.72. The van der Waals surface area contributed by atoms with Crippen LogP contribution in [-0.2, 0) is 9.47 Å². The molecule has 13 heavy (non-hydrogen) atoms. The molecule has 4 nitrogen and oxygen atoms in total. The summed E-state index contributed by atoms with van der Waals surface area (Å²) in [7, 11) is 0. The monoisotopic (exact) mass is 189 g/mol. The first-order valence-electron chi connectivity index (χ1n) is 5.31. The number of morpholine rings is 1. The Bertz CT molecular complexity index is 250. The second-order valence-corrected chi connectivity index (χ2v) is 3.84. The fourth-order valence-electron chi connectivity index (χ4n) is 0.903. The molecule has 76 valence electrons. The minimum atomic E-state index is -1.78. The number of carbonyl (C=O) groups is 1. The third kappa shape index (κ3) is 3.63. The van der Waals surface area contributed by atoms with Gasteiger partial charge in [-0.3, -0.25) is 0 Å². The molecule has 1 fully saturated rings. The molecule has 0 atom stereocenters. The summed E-state index contributed by atoms with van der Waals surface area (Å²) in [6.07, 6.45) is -0.629. The Morgan fingerprint density at radius 2 is 2.23 bits per heavy atom. The summed E-state index contributed by atoms with van der Waals surface area (Å²) in [6.45, 7) is 3.94. The van der Waals surface area contributed by atoms with Gasteiger partial charge in [-0.25, -0.2) is 4.79 Å². The van der Waals surface area contributed by atoms with Gasteiger partial charge in [0.15, 0.2) is 0 Å². The van der Waals surface area contributed by atoms with Crippen LogP contribution in [0.3, 0.4) is 0 Å². The highest BCUT2D eigenvalue weighted by Crippen LogP contribution is 2.10. The van der Waals surface area contributed by atoms with Gasteiger partial charge in [-0.05, 0) is 20.8 Å². The number of amides is 1. The molecule has 0 aromatic carbocycles. The van der Waals surface area contributed by atoms with E-state index in [1.54, 1.807) is 20.8 Å². The third-order valence-electron chi connectivity index (χ3n) is 1.43. The first kappa shape index (κ1) is 7.62. The minimum Gasteiger partial charge on any atom is -0.444 e. The molecule has 0 spiro atoms. The summed E-state index contributed by atoms with van der Waals surface area (Å²) in [5.74, 6) is 0. The largest absolute Gasteiger partial charge is 0.444 e. The molecule has 1 heterocycles. The molecule has 0 N–H and O–H groups in total. The fraction of sp³-hybridized carbons (Fsp3) is 0.889. The van der Waals surface area contributed by atoms with Crippen molar-refractivity contribution in [3.63, 3.8) is 0 Å². The lowest BCUT2D eigenvalue weighted by Gasteiger charge is -2.29. The Morgan fingerprint density at radius 1 is 1.54 bits per heavy atom. The van der Waals surface area contributed by atoms with E-state index < -0.39 is 18.2 Å². The van der Waals surface area contributed by atoms with E-state index >= 15 is 0 Å². The molecule has 0 aromatic heterocycles. The van der Waals surface area contributed by atoms with Gasteiger partial charge < -0.3 is 14.4 Å². The van der Waals surface area contributed by atoms with Crippen LogP contribution in [0.25, 0.3) is 0 Å². The van der Waals surface area contributed by atoms with Crippen LogP contribution in [0, 0.1) is 0 Å².